The van der Waals surface area contributed by atoms with Crippen LogP contribution in [0.2, 0.25) is 0 Å². The molecule has 0 bridgehead atoms. The monoisotopic (exact) mass is 354 g/mol. The molecule has 2 aromatic rings. The number of hydrogen-bond acceptors (Lipinski definition) is 1. The smallest absolute Gasteiger partial charge is 0.0840 e. The van der Waals surface area contributed by atoms with E-state index in [9.17, 15) is 5.11 Å². The van der Waals surface area contributed by atoms with Crippen LogP contribution in [0.5, 0.6) is 0 Å². The van der Waals surface area contributed by atoms with E-state index in [0.717, 1.165) is 27.8 Å². The molecule has 1 nitrogen and oxygen atoms in total. The minimum absolute atomic E-state index is 0.613. The molecule has 2 aromatic carbocycles. The summed E-state index contributed by atoms with van der Waals surface area (Å²) >= 11 is 0. The van der Waals surface area contributed by atoms with E-state index in [2.05, 4.69) is 24.3 Å². The van der Waals surface area contributed by atoms with Crippen LogP contribution >= 0.6 is 0 Å². The van der Waals surface area contributed by atoms with Crippen LogP contribution in [0.1, 0.15) is 87.0 Å². The normalized spacial score (nSPS) is 19.8. The SMILES string of the molecule is [B]C1([B])c2cc(C3CCCCCCC3)ccc2-c2ccc(C(C)(C)O)cc21. The highest BCUT2D eigenvalue weighted by atomic mass is 16.3. The van der Waals surface area contributed by atoms with Crippen LogP contribution in [0.3, 0.4) is 0 Å². The molecule has 0 aromatic heterocycles. The first-order chi connectivity index (χ1) is 12.8. The Hall–Kier alpha value is -1.47. The highest BCUT2D eigenvalue weighted by molar-refractivity contribution is 6.44. The zero-order valence-electron chi connectivity index (χ0n) is 16.6. The molecule has 0 amide bonds. The second-order valence-corrected chi connectivity index (χ2v) is 9.04. The summed E-state index contributed by atoms with van der Waals surface area (Å²) in [5.41, 5.74) is 5.46. The van der Waals surface area contributed by atoms with Crippen LogP contribution in [0.4, 0.5) is 0 Å². The lowest BCUT2D eigenvalue weighted by Gasteiger charge is -2.27. The van der Waals surface area contributed by atoms with E-state index >= 15 is 0 Å². The number of aliphatic hydroxyl groups is 1. The van der Waals surface area contributed by atoms with Gasteiger partial charge in [-0.15, -0.1) is 0 Å². The lowest BCUT2D eigenvalue weighted by molar-refractivity contribution is 0.0785. The van der Waals surface area contributed by atoms with Crippen molar-refractivity contribution in [3.05, 3.63) is 58.7 Å². The summed E-state index contributed by atoms with van der Waals surface area (Å²) in [6.07, 6.45) is 9.23. The predicted octanol–water partition coefficient (Wildman–Crippen LogP) is 5.26. The summed E-state index contributed by atoms with van der Waals surface area (Å²) in [6.45, 7) is 3.58. The molecule has 0 saturated heterocycles. The molecule has 4 radical (unpaired) electrons. The van der Waals surface area contributed by atoms with E-state index in [1.54, 1.807) is 13.8 Å². The molecule has 2 aliphatic carbocycles. The van der Waals surface area contributed by atoms with Gasteiger partial charge in [0.25, 0.3) is 0 Å². The van der Waals surface area contributed by atoms with Gasteiger partial charge in [0.2, 0.25) is 0 Å². The molecule has 0 unspecified atom stereocenters. The first-order valence-corrected chi connectivity index (χ1v) is 10.4. The zero-order valence-corrected chi connectivity index (χ0v) is 16.6. The van der Waals surface area contributed by atoms with Gasteiger partial charge in [-0.3, -0.25) is 0 Å². The molecule has 136 valence electrons. The Morgan fingerprint density at radius 3 is 2.04 bits per heavy atom. The van der Waals surface area contributed by atoms with Gasteiger partial charge in [-0.05, 0) is 66.0 Å². The topological polar surface area (TPSA) is 20.2 Å². The Balaban J connectivity index is 1.74. The molecule has 1 saturated carbocycles. The number of fused-ring (bicyclic) bond motifs is 3. The lowest BCUT2D eigenvalue weighted by atomic mass is 9.49. The van der Waals surface area contributed by atoms with Crippen molar-refractivity contribution in [1.82, 2.24) is 0 Å². The zero-order chi connectivity index (χ0) is 19.2. The average Bonchev–Trinajstić information content (AvgIpc) is 2.81. The standard InChI is InChI=1S/C24H28B2O/c1-23(2,27)18-11-13-20-19-12-10-17(16-8-6-4-3-5-7-9-16)14-21(19)24(25,26)22(20)15-18/h10-16,27H,3-9H2,1-2H3. The van der Waals surface area contributed by atoms with Crippen molar-refractivity contribution >= 4 is 15.7 Å². The van der Waals surface area contributed by atoms with Gasteiger partial charge >= 0.3 is 0 Å². The Morgan fingerprint density at radius 2 is 1.41 bits per heavy atom. The van der Waals surface area contributed by atoms with Crippen LogP contribution in [0.15, 0.2) is 36.4 Å². The fourth-order valence-electron chi connectivity index (χ4n) is 4.83. The van der Waals surface area contributed by atoms with Crippen LogP contribution in [-0.2, 0) is 10.8 Å². The van der Waals surface area contributed by atoms with Gasteiger partial charge in [0.05, 0.1) is 21.3 Å². The summed E-state index contributed by atoms with van der Waals surface area (Å²) in [6, 6.07) is 12.7. The average molecular weight is 354 g/mol. The summed E-state index contributed by atoms with van der Waals surface area (Å²) in [5, 5.41) is 9.38. The van der Waals surface area contributed by atoms with Gasteiger partial charge in [-0.25, -0.2) is 0 Å². The molecule has 0 atom stereocenters. The van der Waals surface area contributed by atoms with Crippen molar-refractivity contribution < 1.29 is 5.11 Å². The minimum atomic E-state index is -1.01. The lowest BCUT2D eigenvalue weighted by Crippen LogP contribution is -2.27. The highest BCUT2D eigenvalue weighted by Crippen LogP contribution is 2.48. The maximum atomic E-state index is 10.4. The van der Waals surface area contributed by atoms with E-state index in [0.29, 0.717) is 5.92 Å². The quantitative estimate of drug-likeness (QED) is 0.730. The molecule has 27 heavy (non-hydrogen) atoms. The highest BCUT2D eigenvalue weighted by Gasteiger charge is 2.36. The first-order valence-electron chi connectivity index (χ1n) is 10.4. The van der Waals surface area contributed by atoms with Crippen LogP contribution in [-0.4, -0.2) is 20.8 Å². The van der Waals surface area contributed by atoms with Crippen LogP contribution in [0.25, 0.3) is 11.1 Å². The first kappa shape index (κ1) is 18.9. The summed E-state index contributed by atoms with van der Waals surface area (Å²) in [7, 11) is 13.3. The molecule has 0 aliphatic heterocycles. The molecule has 0 spiro atoms. The van der Waals surface area contributed by atoms with Gasteiger partial charge in [-0.2, -0.15) is 0 Å². The Kier molecular flexibility index (Phi) is 4.79. The Labute approximate surface area is 166 Å². The van der Waals surface area contributed by atoms with E-state index in [1.165, 1.54) is 50.5 Å². The molecular weight excluding hydrogens is 326 g/mol. The third-order valence-corrected chi connectivity index (χ3v) is 6.53. The van der Waals surface area contributed by atoms with E-state index in [1.807, 2.05) is 12.1 Å². The van der Waals surface area contributed by atoms with Crippen molar-refractivity contribution in [2.75, 3.05) is 0 Å². The van der Waals surface area contributed by atoms with Gasteiger partial charge in [-0.1, -0.05) is 73.7 Å². The molecule has 1 N–H and O–H groups in total. The van der Waals surface area contributed by atoms with E-state index in [-0.39, 0.29) is 0 Å². The maximum absolute atomic E-state index is 10.4. The van der Waals surface area contributed by atoms with Crippen molar-refractivity contribution in [3.8, 4) is 11.1 Å². The van der Waals surface area contributed by atoms with Gasteiger partial charge in [0.15, 0.2) is 0 Å². The second kappa shape index (κ2) is 6.85. The van der Waals surface area contributed by atoms with Crippen molar-refractivity contribution in [1.29, 1.82) is 0 Å². The summed E-state index contributed by atoms with van der Waals surface area (Å²) in [4.78, 5) is 0. The summed E-state index contributed by atoms with van der Waals surface area (Å²) < 4.78 is 0. The minimum Gasteiger partial charge on any atom is -0.386 e. The van der Waals surface area contributed by atoms with Crippen LogP contribution < -0.4 is 0 Å². The molecule has 2 aliphatic rings. The largest absolute Gasteiger partial charge is 0.386 e. The molecule has 0 heterocycles. The fourth-order valence-corrected chi connectivity index (χ4v) is 4.83. The summed E-state index contributed by atoms with van der Waals surface area (Å²) in [5.74, 6) is 0.613. The third kappa shape index (κ3) is 3.40. The van der Waals surface area contributed by atoms with E-state index in [4.69, 9.17) is 15.7 Å². The Morgan fingerprint density at radius 1 is 0.852 bits per heavy atom. The van der Waals surface area contributed by atoms with Gasteiger partial charge < -0.3 is 5.11 Å². The van der Waals surface area contributed by atoms with Crippen molar-refractivity contribution in [3.63, 3.8) is 0 Å². The van der Waals surface area contributed by atoms with E-state index < -0.39 is 10.8 Å². The van der Waals surface area contributed by atoms with Gasteiger partial charge in [0.1, 0.15) is 0 Å². The fraction of sp³-hybridized carbons (Fsp3) is 0.500. The van der Waals surface area contributed by atoms with Gasteiger partial charge in [0, 0.05) is 0 Å². The second-order valence-electron chi connectivity index (χ2n) is 9.04. The molecule has 4 rings (SSSR count). The molecule has 3 heteroatoms. The maximum Gasteiger partial charge on any atom is 0.0840 e. The van der Waals surface area contributed by atoms with Crippen LogP contribution in [0, 0.1) is 0 Å². The number of benzene rings is 2. The number of hydrogen-bond donors (Lipinski definition) is 1. The number of rotatable bonds is 2. The third-order valence-electron chi connectivity index (χ3n) is 6.53. The predicted molar refractivity (Wildman–Crippen MR) is 114 cm³/mol. The molecule has 1 fully saturated rings. The Bertz CT molecular complexity index is 840. The van der Waals surface area contributed by atoms with Crippen molar-refractivity contribution in [2.24, 2.45) is 0 Å². The molecular formula is C24H28B2O. The van der Waals surface area contributed by atoms with Crippen molar-refractivity contribution in [2.45, 2.75) is 75.5 Å².